The van der Waals surface area contributed by atoms with E-state index in [4.69, 9.17) is 4.74 Å². The molecule has 0 radical (unpaired) electrons. The van der Waals surface area contributed by atoms with E-state index in [1.54, 1.807) is 18.9 Å². The zero-order valence-electron chi connectivity index (χ0n) is 10.2. The van der Waals surface area contributed by atoms with Crippen LogP contribution < -0.4 is 4.74 Å². The third-order valence-electron chi connectivity index (χ3n) is 2.22. The van der Waals surface area contributed by atoms with Gasteiger partial charge in [0.2, 0.25) is 0 Å². The van der Waals surface area contributed by atoms with Crippen LogP contribution in [0.3, 0.4) is 0 Å². The van der Waals surface area contributed by atoms with Crippen LogP contribution in [0.4, 0.5) is 0 Å². The predicted molar refractivity (Wildman–Crippen MR) is 69.5 cm³/mol. The number of rotatable bonds is 5. The number of carbonyl (C=O) groups is 1. The first kappa shape index (κ1) is 13.1. The molecule has 0 spiro atoms. The van der Waals surface area contributed by atoms with E-state index < -0.39 is 0 Å². The van der Waals surface area contributed by atoms with Gasteiger partial charge in [-0.25, -0.2) is 0 Å². The average molecular weight is 238 g/mol. The van der Waals surface area contributed by atoms with Gasteiger partial charge < -0.3 is 4.74 Å². The van der Waals surface area contributed by atoms with Gasteiger partial charge in [0.15, 0.2) is 5.78 Å². The summed E-state index contributed by atoms with van der Waals surface area (Å²) in [6.07, 6.45) is 0. The van der Waals surface area contributed by atoms with Gasteiger partial charge >= 0.3 is 0 Å². The van der Waals surface area contributed by atoms with Crippen molar-refractivity contribution in [2.24, 2.45) is 0 Å². The second-order valence-electron chi connectivity index (χ2n) is 3.92. The minimum absolute atomic E-state index is 0.00777. The molecule has 0 aliphatic carbocycles. The quantitative estimate of drug-likeness (QED) is 0.735. The molecule has 0 N–H and O–H groups in total. The average Bonchev–Trinajstić information content (AvgIpc) is 2.27. The smallest absolute Gasteiger partial charge is 0.175 e. The molecule has 0 aliphatic rings. The molecule has 1 unspecified atom stereocenters. The normalized spacial score (nSPS) is 12.6. The van der Waals surface area contributed by atoms with Crippen molar-refractivity contribution in [3.63, 3.8) is 0 Å². The van der Waals surface area contributed by atoms with Gasteiger partial charge in [-0.3, -0.25) is 4.79 Å². The van der Waals surface area contributed by atoms with Gasteiger partial charge in [0.1, 0.15) is 5.75 Å². The largest absolute Gasteiger partial charge is 0.497 e. The van der Waals surface area contributed by atoms with Crippen molar-refractivity contribution in [2.45, 2.75) is 31.3 Å². The molecule has 1 aromatic rings. The Labute approximate surface area is 101 Å². The van der Waals surface area contributed by atoms with Crippen molar-refractivity contribution in [2.75, 3.05) is 7.11 Å². The van der Waals surface area contributed by atoms with Gasteiger partial charge in [-0.15, -0.1) is 11.8 Å². The standard InChI is InChI=1S/C13H18O2S/c1-9(2)16-10(3)13(14)11-5-7-12(15-4)8-6-11/h5-10H,1-4H3. The van der Waals surface area contributed by atoms with Crippen LogP contribution in [0.1, 0.15) is 31.1 Å². The minimum atomic E-state index is 0.00777. The van der Waals surface area contributed by atoms with Crippen LogP contribution in [-0.4, -0.2) is 23.4 Å². The number of methoxy groups -OCH3 is 1. The van der Waals surface area contributed by atoms with E-state index in [1.165, 1.54) is 0 Å². The summed E-state index contributed by atoms with van der Waals surface area (Å²) in [5, 5.41) is 0.477. The zero-order chi connectivity index (χ0) is 12.1. The van der Waals surface area contributed by atoms with Crippen LogP contribution >= 0.6 is 11.8 Å². The van der Waals surface area contributed by atoms with Gasteiger partial charge in [0.05, 0.1) is 12.4 Å². The maximum absolute atomic E-state index is 12.0. The topological polar surface area (TPSA) is 26.3 Å². The molecule has 16 heavy (non-hydrogen) atoms. The number of Topliss-reactive ketones (excluding diaryl/α,β-unsaturated/α-hetero) is 1. The maximum Gasteiger partial charge on any atom is 0.175 e. The molecule has 0 amide bonds. The Morgan fingerprint density at radius 3 is 2.19 bits per heavy atom. The molecule has 0 fully saturated rings. The highest BCUT2D eigenvalue weighted by atomic mass is 32.2. The molecular formula is C13H18O2S. The van der Waals surface area contributed by atoms with Crippen LogP contribution in [0.15, 0.2) is 24.3 Å². The Morgan fingerprint density at radius 2 is 1.75 bits per heavy atom. The molecule has 0 aromatic heterocycles. The first-order valence-corrected chi connectivity index (χ1v) is 6.32. The summed E-state index contributed by atoms with van der Waals surface area (Å²) in [6, 6.07) is 7.27. The minimum Gasteiger partial charge on any atom is -0.497 e. The van der Waals surface area contributed by atoms with Crippen LogP contribution in [0.2, 0.25) is 0 Å². The number of thioether (sulfide) groups is 1. The lowest BCUT2D eigenvalue weighted by Gasteiger charge is -2.12. The van der Waals surface area contributed by atoms with Crippen LogP contribution in [-0.2, 0) is 0 Å². The molecule has 0 bridgehead atoms. The van der Waals surface area contributed by atoms with Gasteiger partial charge in [-0.2, -0.15) is 0 Å². The fourth-order valence-electron chi connectivity index (χ4n) is 1.46. The van der Waals surface area contributed by atoms with Crippen molar-refractivity contribution >= 4 is 17.5 Å². The Morgan fingerprint density at radius 1 is 1.19 bits per heavy atom. The molecule has 1 aromatic carbocycles. The van der Waals surface area contributed by atoms with E-state index in [1.807, 2.05) is 31.2 Å². The summed E-state index contributed by atoms with van der Waals surface area (Å²) in [5.74, 6) is 0.960. The zero-order valence-corrected chi connectivity index (χ0v) is 11.0. The molecule has 0 heterocycles. The van der Waals surface area contributed by atoms with Gasteiger partial charge in [-0.1, -0.05) is 13.8 Å². The lowest BCUT2D eigenvalue weighted by Crippen LogP contribution is -2.15. The SMILES string of the molecule is COc1ccc(C(=O)C(C)SC(C)C)cc1. The number of carbonyl (C=O) groups excluding carboxylic acids is 1. The summed E-state index contributed by atoms with van der Waals surface area (Å²) < 4.78 is 5.06. The fourth-order valence-corrected chi connectivity index (χ4v) is 2.54. The number of ether oxygens (including phenoxy) is 1. The highest BCUT2D eigenvalue weighted by Crippen LogP contribution is 2.21. The highest BCUT2D eigenvalue weighted by Gasteiger charge is 2.16. The van der Waals surface area contributed by atoms with Crippen LogP contribution in [0.5, 0.6) is 5.75 Å². The highest BCUT2D eigenvalue weighted by molar-refractivity contribution is 8.01. The first-order valence-electron chi connectivity index (χ1n) is 5.38. The van der Waals surface area contributed by atoms with E-state index >= 15 is 0 Å². The van der Waals surface area contributed by atoms with Crippen molar-refractivity contribution in [1.82, 2.24) is 0 Å². The lowest BCUT2D eigenvalue weighted by molar-refractivity contribution is 0.0994. The van der Waals surface area contributed by atoms with Crippen molar-refractivity contribution in [3.05, 3.63) is 29.8 Å². The second kappa shape index (κ2) is 5.94. The summed E-state index contributed by atoms with van der Waals surface area (Å²) in [6.45, 7) is 6.15. The molecule has 2 nitrogen and oxygen atoms in total. The van der Waals surface area contributed by atoms with Crippen LogP contribution in [0, 0.1) is 0 Å². The van der Waals surface area contributed by atoms with Gasteiger partial charge in [0.25, 0.3) is 0 Å². The number of ketones is 1. The predicted octanol–water partition coefficient (Wildman–Crippen LogP) is 3.41. The van der Waals surface area contributed by atoms with E-state index in [9.17, 15) is 4.79 Å². The van der Waals surface area contributed by atoms with E-state index in [-0.39, 0.29) is 11.0 Å². The van der Waals surface area contributed by atoms with Crippen molar-refractivity contribution < 1.29 is 9.53 Å². The summed E-state index contributed by atoms with van der Waals surface area (Å²) >= 11 is 1.69. The molecule has 0 saturated heterocycles. The number of benzene rings is 1. The van der Waals surface area contributed by atoms with Gasteiger partial charge in [-0.05, 0) is 36.4 Å². The molecular weight excluding hydrogens is 220 g/mol. The maximum atomic E-state index is 12.0. The van der Waals surface area contributed by atoms with Crippen LogP contribution in [0.25, 0.3) is 0 Å². The second-order valence-corrected chi connectivity index (χ2v) is 5.84. The summed E-state index contributed by atoms with van der Waals surface area (Å²) in [4.78, 5) is 12.0. The monoisotopic (exact) mass is 238 g/mol. The van der Waals surface area contributed by atoms with E-state index in [0.717, 1.165) is 11.3 Å². The molecule has 3 heteroatoms. The molecule has 0 aliphatic heterocycles. The lowest BCUT2D eigenvalue weighted by atomic mass is 10.1. The fraction of sp³-hybridized carbons (Fsp3) is 0.462. The Kier molecular flexibility index (Phi) is 4.87. The number of hydrogen-bond donors (Lipinski definition) is 0. The van der Waals surface area contributed by atoms with E-state index in [2.05, 4.69) is 13.8 Å². The third-order valence-corrected chi connectivity index (χ3v) is 3.39. The molecule has 1 rings (SSSR count). The Hall–Kier alpha value is -0.960. The molecule has 0 saturated carbocycles. The Bertz CT molecular complexity index is 343. The van der Waals surface area contributed by atoms with E-state index in [0.29, 0.717) is 5.25 Å². The first-order chi connectivity index (χ1) is 7.54. The van der Waals surface area contributed by atoms with Crippen molar-refractivity contribution in [1.29, 1.82) is 0 Å². The number of hydrogen-bond acceptors (Lipinski definition) is 3. The summed E-state index contributed by atoms with van der Waals surface area (Å²) in [5.41, 5.74) is 0.751. The van der Waals surface area contributed by atoms with Gasteiger partial charge in [0, 0.05) is 5.56 Å². The Balaban J connectivity index is 2.72. The summed E-state index contributed by atoms with van der Waals surface area (Å²) in [7, 11) is 1.62. The molecule has 88 valence electrons. The van der Waals surface area contributed by atoms with Crippen molar-refractivity contribution in [3.8, 4) is 5.75 Å². The molecule has 1 atom stereocenters. The third kappa shape index (κ3) is 3.56.